The summed E-state index contributed by atoms with van der Waals surface area (Å²) in [6, 6.07) is 10.9. The van der Waals surface area contributed by atoms with Crippen LogP contribution in [0.2, 0.25) is 0 Å². The molecule has 0 aliphatic heterocycles. The first-order valence-electron chi connectivity index (χ1n) is 9.67. The van der Waals surface area contributed by atoms with Crippen molar-refractivity contribution in [2.24, 2.45) is 0 Å². The number of alkyl halides is 2. The molecule has 1 atom stereocenters. The van der Waals surface area contributed by atoms with Crippen molar-refractivity contribution < 1.29 is 31.9 Å². The van der Waals surface area contributed by atoms with Gasteiger partial charge >= 0.3 is 12.5 Å². The quantitative estimate of drug-likeness (QED) is 0.384. The number of hydrogen-bond acceptors (Lipinski definition) is 6. The van der Waals surface area contributed by atoms with E-state index in [2.05, 4.69) is 9.72 Å². The van der Waals surface area contributed by atoms with E-state index in [1.54, 1.807) is 35.8 Å². The van der Waals surface area contributed by atoms with Crippen LogP contribution in [0.5, 0.6) is 5.75 Å². The number of aryl methyl sites for hydroxylation is 1. The maximum atomic E-state index is 12.9. The van der Waals surface area contributed by atoms with Gasteiger partial charge in [0.05, 0.1) is 17.2 Å². The van der Waals surface area contributed by atoms with Gasteiger partial charge in [0.2, 0.25) is 0 Å². The average Bonchev–Trinajstić information content (AvgIpc) is 2.77. The van der Waals surface area contributed by atoms with Crippen LogP contribution in [0, 0.1) is 0 Å². The van der Waals surface area contributed by atoms with E-state index in [1.165, 1.54) is 30.0 Å². The number of nitrogens with zero attached hydrogens (tertiary/aromatic N) is 2. The van der Waals surface area contributed by atoms with Crippen LogP contribution in [0.1, 0.15) is 13.3 Å². The Morgan fingerprint density at radius 1 is 1.21 bits per heavy atom. The van der Waals surface area contributed by atoms with Gasteiger partial charge in [0, 0.05) is 12.8 Å². The predicted molar refractivity (Wildman–Crippen MR) is 118 cm³/mol. The van der Waals surface area contributed by atoms with Gasteiger partial charge in [0.15, 0.2) is 14.6 Å². The number of hydroxylamine groups is 1. The number of rotatable bonds is 8. The lowest BCUT2D eigenvalue weighted by atomic mass is 10.0. The maximum absolute atomic E-state index is 12.9. The van der Waals surface area contributed by atoms with Crippen molar-refractivity contribution in [2.75, 3.05) is 6.26 Å². The number of carbonyl (C=O) groups excluding carboxylic acids is 1. The normalized spacial score (nSPS) is 13.6. The Morgan fingerprint density at radius 2 is 1.85 bits per heavy atom. The fourth-order valence-corrected chi connectivity index (χ4v) is 4.11. The van der Waals surface area contributed by atoms with Gasteiger partial charge in [-0.1, -0.05) is 18.2 Å². The molecular formula is C21H22F2N3O6S+. The lowest BCUT2D eigenvalue weighted by molar-refractivity contribution is -0.131. The predicted octanol–water partition coefficient (Wildman–Crippen LogP) is 1.61. The molecule has 0 saturated carbocycles. The maximum Gasteiger partial charge on any atom is 0.387 e. The fraction of sp³-hybridized carbons (Fsp3) is 0.286. The monoisotopic (exact) mass is 482 g/mol. The minimum absolute atomic E-state index is 0.0238. The molecule has 1 amide bonds. The lowest BCUT2D eigenvalue weighted by Gasteiger charge is -2.24. The Labute approximate surface area is 187 Å². The van der Waals surface area contributed by atoms with Gasteiger partial charge in [-0.3, -0.25) is 14.2 Å². The van der Waals surface area contributed by atoms with Crippen LogP contribution in [-0.4, -0.2) is 46.7 Å². The van der Waals surface area contributed by atoms with E-state index in [1.807, 2.05) is 0 Å². The Hall–Kier alpha value is -3.38. The Morgan fingerprint density at radius 3 is 2.42 bits per heavy atom. The van der Waals surface area contributed by atoms with Crippen molar-refractivity contribution in [1.82, 2.24) is 15.0 Å². The fourth-order valence-electron chi connectivity index (χ4n) is 3.26. The summed E-state index contributed by atoms with van der Waals surface area (Å²) in [6.07, 6.45) is 1.93. The number of carbonyl (C=O) groups is 1. The zero-order valence-electron chi connectivity index (χ0n) is 17.7. The molecule has 3 aromatic rings. The summed E-state index contributed by atoms with van der Waals surface area (Å²) in [5.41, 5.74) is 2.98. The third-order valence-corrected chi connectivity index (χ3v) is 7.51. The third-order valence-electron chi connectivity index (χ3n) is 5.48. The zero-order chi connectivity index (χ0) is 24.4. The van der Waals surface area contributed by atoms with Gasteiger partial charge in [-0.05, 0) is 48.7 Å². The Balaban J connectivity index is 1.88. The number of aromatic nitrogens is 2. The van der Waals surface area contributed by atoms with Gasteiger partial charge in [0.25, 0.3) is 5.56 Å². The van der Waals surface area contributed by atoms with Gasteiger partial charge < -0.3 is 9.94 Å². The van der Waals surface area contributed by atoms with Crippen molar-refractivity contribution >= 4 is 26.6 Å². The number of fused-ring (bicyclic) bond motifs is 1. The molecule has 2 aromatic carbocycles. The zero-order valence-corrected chi connectivity index (χ0v) is 18.5. The van der Waals surface area contributed by atoms with Crippen LogP contribution >= 0.6 is 0 Å². The molecule has 3 N–H and O–H groups in total. The molecule has 0 bridgehead atoms. The summed E-state index contributed by atoms with van der Waals surface area (Å²) < 4.78 is 52.5. The molecular weight excluding hydrogens is 460 g/mol. The first kappa shape index (κ1) is 24.3. The van der Waals surface area contributed by atoms with E-state index in [9.17, 15) is 26.8 Å². The molecule has 176 valence electrons. The standard InChI is InChI=1S/C21H21F2N3O6S/c1-21(19(28)25-29,33(2,30)31)9-10-26-12-24-17-11-14(5-8-16(17)18(26)27)13-3-6-15(7-4-13)32-20(22)23/h3-8,11-12,20,29H,9-10H2,1-2H3,(H,25,28)/p+1/t21-/m1/s1. The first-order chi connectivity index (χ1) is 15.5. The highest BCUT2D eigenvalue weighted by molar-refractivity contribution is 7.92. The minimum Gasteiger partial charge on any atom is -0.435 e. The highest BCUT2D eigenvalue weighted by atomic mass is 32.2. The van der Waals surface area contributed by atoms with Crippen LogP contribution in [0.3, 0.4) is 0 Å². The number of ether oxygens (including phenoxy) is 1. The number of halogens is 2. The number of hydrogen-bond donors (Lipinski definition) is 1. The summed E-state index contributed by atoms with van der Waals surface area (Å²) in [4.78, 5) is 29.2. The third kappa shape index (κ3) is 5.01. The molecule has 0 aliphatic carbocycles. The molecule has 0 unspecified atom stereocenters. The molecule has 1 aromatic heterocycles. The Kier molecular flexibility index (Phi) is 6.79. The van der Waals surface area contributed by atoms with Gasteiger partial charge in [0.1, 0.15) is 5.75 Å². The second-order valence-corrected chi connectivity index (χ2v) is 10.0. The highest BCUT2D eigenvalue weighted by Gasteiger charge is 2.44. The first-order valence-corrected chi connectivity index (χ1v) is 11.6. The highest BCUT2D eigenvalue weighted by Crippen LogP contribution is 2.26. The molecule has 9 nitrogen and oxygen atoms in total. The van der Waals surface area contributed by atoms with E-state index >= 15 is 0 Å². The molecule has 1 heterocycles. The summed E-state index contributed by atoms with van der Waals surface area (Å²) in [6.45, 7) is -1.82. The van der Waals surface area contributed by atoms with Crippen molar-refractivity contribution in [3.8, 4) is 16.9 Å². The molecule has 0 fully saturated rings. The number of nitrogens with one attached hydrogen (secondary N) is 1. The van der Waals surface area contributed by atoms with E-state index < -0.39 is 32.7 Å². The SMILES string of the molecule is C[C@@](CCn1cnc2cc(-c3ccc(OC(F)F)cc3)ccc2c1=O)(C(=O)N[OH2+])S(C)(=O)=O. The molecule has 0 aliphatic rings. The molecule has 0 saturated heterocycles. The summed E-state index contributed by atoms with van der Waals surface area (Å²) >= 11 is 0. The van der Waals surface area contributed by atoms with E-state index in [0.29, 0.717) is 16.6 Å². The van der Waals surface area contributed by atoms with Crippen molar-refractivity contribution in [3.63, 3.8) is 0 Å². The van der Waals surface area contributed by atoms with Gasteiger partial charge in [-0.15, -0.1) is 5.48 Å². The summed E-state index contributed by atoms with van der Waals surface area (Å²) in [7, 11) is -3.87. The summed E-state index contributed by atoms with van der Waals surface area (Å²) in [5.74, 6) is -0.961. The average molecular weight is 482 g/mol. The van der Waals surface area contributed by atoms with Crippen LogP contribution in [0.25, 0.3) is 22.0 Å². The second kappa shape index (κ2) is 9.24. The minimum atomic E-state index is -3.87. The smallest absolute Gasteiger partial charge is 0.387 e. The van der Waals surface area contributed by atoms with Crippen molar-refractivity contribution in [2.45, 2.75) is 31.2 Å². The number of benzene rings is 2. The van der Waals surface area contributed by atoms with E-state index in [4.69, 9.17) is 5.21 Å². The van der Waals surface area contributed by atoms with Crippen molar-refractivity contribution in [3.05, 3.63) is 59.1 Å². The molecule has 33 heavy (non-hydrogen) atoms. The van der Waals surface area contributed by atoms with Crippen LogP contribution in [-0.2, 0) is 21.2 Å². The number of sulfone groups is 1. The molecule has 0 radical (unpaired) electrons. The van der Waals surface area contributed by atoms with Crippen LogP contribution in [0.15, 0.2) is 53.6 Å². The van der Waals surface area contributed by atoms with Crippen LogP contribution < -0.4 is 15.8 Å². The lowest BCUT2D eigenvalue weighted by Crippen LogP contribution is -2.50. The summed E-state index contributed by atoms with van der Waals surface area (Å²) in [5, 5.41) is 7.31. The van der Waals surface area contributed by atoms with E-state index in [0.717, 1.165) is 6.26 Å². The molecule has 0 spiro atoms. The topological polar surface area (TPSA) is 130 Å². The second-order valence-electron chi connectivity index (χ2n) is 7.59. The molecule has 12 heteroatoms. The van der Waals surface area contributed by atoms with Crippen molar-refractivity contribution in [1.29, 1.82) is 0 Å². The van der Waals surface area contributed by atoms with Gasteiger partial charge in [-0.2, -0.15) is 8.78 Å². The molecule has 3 rings (SSSR count). The van der Waals surface area contributed by atoms with Crippen LogP contribution in [0.4, 0.5) is 8.78 Å². The van der Waals surface area contributed by atoms with E-state index in [-0.39, 0.29) is 24.1 Å². The van der Waals surface area contributed by atoms with Gasteiger partial charge in [-0.25, -0.2) is 13.4 Å². The number of amides is 1. The Bertz CT molecular complexity index is 1340. The largest absolute Gasteiger partial charge is 0.435 e.